The summed E-state index contributed by atoms with van der Waals surface area (Å²) in [4.78, 5) is 21.3. The summed E-state index contributed by atoms with van der Waals surface area (Å²) in [6.07, 6.45) is 6.87. The van der Waals surface area contributed by atoms with E-state index >= 15 is 0 Å². The minimum atomic E-state index is -0.800. The van der Waals surface area contributed by atoms with Gasteiger partial charge < -0.3 is 10.4 Å². The number of carbonyl (C=O) groups excluding carboxylic acids is 1. The number of carbonyl (C=O) groups is 2. The fraction of sp³-hybridized carbons (Fsp3) is 0.368. The Kier molecular flexibility index (Phi) is 7.00. The molecule has 1 fully saturated rings. The van der Waals surface area contributed by atoms with Gasteiger partial charge in [-0.05, 0) is 29.7 Å². The number of thiophene rings is 1. The van der Waals surface area contributed by atoms with Crippen LogP contribution in [0.1, 0.15) is 64.3 Å². The Bertz CT molecular complexity index is 661. The molecule has 0 aliphatic heterocycles. The van der Waals surface area contributed by atoms with Crippen molar-refractivity contribution in [3.63, 3.8) is 0 Å². The van der Waals surface area contributed by atoms with Gasteiger partial charge in [-0.1, -0.05) is 49.6 Å². The highest BCUT2D eigenvalue weighted by Crippen LogP contribution is 2.39. The van der Waals surface area contributed by atoms with Crippen molar-refractivity contribution in [3.05, 3.63) is 52.4 Å². The van der Waals surface area contributed by atoms with E-state index in [-0.39, 0.29) is 0 Å². The van der Waals surface area contributed by atoms with E-state index in [4.69, 9.17) is 0 Å². The summed E-state index contributed by atoms with van der Waals surface area (Å²) in [5, 5.41) is 15.0. The number of rotatable bonds is 4. The summed E-state index contributed by atoms with van der Waals surface area (Å²) in [7, 11) is 1.78. The molecule has 1 aromatic carbocycles. The quantitative estimate of drug-likeness (QED) is 0.762. The third-order valence-corrected chi connectivity index (χ3v) is 5.26. The van der Waals surface area contributed by atoms with Crippen molar-refractivity contribution in [1.82, 2.24) is 0 Å². The lowest BCUT2D eigenvalue weighted by atomic mass is 9.83. The number of aromatic carboxylic acids is 1. The highest BCUT2D eigenvalue weighted by Gasteiger charge is 2.25. The number of nitrogens with one attached hydrogen (secondary N) is 1. The predicted octanol–water partition coefficient (Wildman–Crippen LogP) is 5.03. The van der Waals surface area contributed by atoms with E-state index in [0.717, 1.165) is 35.3 Å². The molecule has 3 rings (SSSR count). The van der Waals surface area contributed by atoms with Gasteiger partial charge in [-0.3, -0.25) is 4.79 Å². The monoisotopic (exact) mass is 345 g/mol. The highest BCUT2D eigenvalue weighted by atomic mass is 32.1. The lowest BCUT2D eigenvalue weighted by Gasteiger charge is -2.21. The molecule has 0 atom stereocenters. The van der Waals surface area contributed by atoms with Gasteiger partial charge in [-0.25, -0.2) is 4.79 Å². The van der Waals surface area contributed by atoms with Gasteiger partial charge in [-0.15, -0.1) is 11.3 Å². The van der Waals surface area contributed by atoms with Crippen molar-refractivity contribution in [2.75, 3.05) is 12.4 Å². The molecule has 4 nitrogen and oxygen atoms in total. The molecule has 5 heteroatoms. The van der Waals surface area contributed by atoms with Gasteiger partial charge >= 0.3 is 5.97 Å². The SMILES string of the molecule is CNc1scc(C2CCCCC2)c1C(=O)O.O=Cc1ccccc1. The fourth-order valence-corrected chi connectivity index (χ4v) is 4.02. The number of carboxylic acids is 1. The largest absolute Gasteiger partial charge is 0.478 e. The first-order valence-corrected chi connectivity index (χ1v) is 9.08. The Morgan fingerprint density at radius 1 is 1.21 bits per heavy atom. The van der Waals surface area contributed by atoms with E-state index in [1.807, 2.05) is 23.6 Å². The summed E-state index contributed by atoms with van der Waals surface area (Å²) < 4.78 is 0. The molecular weight excluding hydrogens is 322 g/mol. The molecule has 1 heterocycles. The van der Waals surface area contributed by atoms with Crippen LogP contribution >= 0.6 is 11.3 Å². The van der Waals surface area contributed by atoms with E-state index < -0.39 is 5.97 Å². The number of carboxylic acid groups (broad SMARTS) is 1. The van der Waals surface area contributed by atoms with E-state index in [1.54, 1.807) is 19.2 Å². The molecule has 1 aliphatic rings. The molecule has 1 saturated carbocycles. The number of aldehydes is 1. The number of anilines is 1. The second kappa shape index (κ2) is 9.23. The summed E-state index contributed by atoms with van der Waals surface area (Å²) in [5.41, 5.74) is 2.27. The van der Waals surface area contributed by atoms with Gasteiger partial charge in [-0.2, -0.15) is 0 Å². The molecule has 2 aromatic rings. The van der Waals surface area contributed by atoms with E-state index in [0.29, 0.717) is 11.5 Å². The molecule has 0 radical (unpaired) electrons. The molecule has 1 aliphatic carbocycles. The summed E-state index contributed by atoms with van der Waals surface area (Å²) >= 11 is 1.51. The van der Waals surface area contributed by atoms with Gasteiger partial charge in [0.2, 0.25) is 0 Å². The van der Waals surface area contributed by atoms with E-state index in [1.165, 1.54) is 30.6 Å². The number of benzene rings is 1. The van der Waals surface area contributed by atoms with Gasteiger partial charge in [0.05, 0.1) is 5.56 Å². The van der Waals surface area contributed by atoms with Crippen LogP contribution < -0.4 is 5.32 Å². The first kappa shape index (κ1) is 18.2. The van der Waals surface area contributed by atoms with Crippen LogP contribution in [0.5, 0.6) is 0 Å². The van der Waals surface area contributed by atoms with Crippen LogP contribution in [0.4, 0.5) is 5.00 Å². The summed E-state index contributed by atoms with van der Waals surface area (Å²) in [6, 6.07) is 9.10. The van der Waals surface area contributed by atoms with Crippen LogP contribution in [-0.4, -0.2) is 24.4 Å². The minimum Gasteiger partial charge on any atom is -0.478 e. The average Bonchev–Trinajstić information content (AvgIpc) is 3.08. The molecular formula is C19H23NO3S. The van der Waals surface area contributed by atoms with Crippen LogP contribution in [0.3, 0.4) is 0 Å². The van der Waals surface area contributed by atoms with Gasteiger partial charge in [0.15, 0.2) is 0 Å². The van der Waals surface area contributed by atoms with Crippen molar-refractivity contribution in [1.29, 1.82) is 0 Å². The molecule has 24 heavy (non-hydrogen) atoms. The molecule has 2 N–H and O–H groups in total. The average molecular weight is 345 g/mol. The first-order valence-electron chi connectivity index (χ1n) is 8.20. The maximum atomic E-state index is 11.3. The Hall–Kier alpha value is -2.14. The maximum Gasteiger partial charge on any atom is 0.338 e. The standard InChI is InChI=1S/C12H17NO2S.C7H6O/c1-13-11-10(12(14)15)9(7-16-11)8-5-3-2-4-6-8;8-6-7-4-2-1-3-5-7/h7-8,13H,2-6H2,1H3,(H,14,15);1-6H. The first-order chi connectivity index (χ1) is 11.7. The van der Waals surface area contributed by atoms with Crippen molar-refractivity contribution in [2.24, 2.45) is 0 Å². The highest BCUT2D eigenvalue weighted by molar-refractivity contribution is 7.14. The van der Waals surface area contributed by atoms with Gasteiger partial charge in [0.1, 0.15) is 11.3 Å². The normalized spacial score (nSPS) is 14.4. The maximum absolute atomic E-state index is 11.3. The van der Waals surface area contributed by atoms with Crippen LogP contribution in [0.25, 0.3) is 0 Å². The molecule has 0 saturated heterocycles. The fourth-order valence-electron chi connectivity index (χ4n) is 3.02. The third-order valence-electron chi connectivity index (χ3n) is 4.24. The minimum absolute atomic E-state index is 0.457. The zero-order chi connectivity index (χ0) is 17.4. The smallest absolute Gasteiger partial charge is 0.338 e. The van der Waals surface area contributed by atoms with Crippen molar-refractivity contribution in [3.8, 4) is 0 Å². The number of hydrogen-bond donors (Lipinski definition) is 2. The summed E-state index contributed by atoms with van der Waals surface area (Å²) in [5.74, 6) is -0.343. The van der Waals surface area contributed by atoms with Crippen molar-refractivity contribution < 1.29 is 14.7 Å². The third kappa shape index (κ3) is 4.68. The topological polar surface area (TPSA) is 66.4 Å². The van der Waals surface area contributed by atoms with Crippen LogP contribution in [0.15, 0.2) is 35.7 Å². The lowest BCUT2D eigenvalue weighted by Crippen LogP contribution is -2.09. The molecule has 128 valence electrons. The molecule has 0 unspecified atom stereocenters. The van der Waals surface area contributed by atoms with Crippen LogP contribution in [0.2, 0.25) is 0 Å². The van der Waals surface area contributed by atoms with Crippen LogP contribution in [-0.2, 0) is 0 Å². The lowest BCUT2D eigenvalue weighted by molar-refractivity contribution is 0.0696. The second-order valence-electron chi connectivity index (χ2n) is 5.81. The Morgan fingerprint density at radius 3 is 2.38 bits per heavy atom. The zero-order valence-electron chi connectivity index (χ0n) is 13.8. The van der Waals surface area contributed by atoms with Gasteiger partial charge in [0.25, 0.3) is 0 Å². The summed E-state index contributed by atoms with van der Waals surface area (Å²) in [6.45, 7) is 0. The Balaban J connectivity index is 0.000000219. The molecule has 0 amide bonds. The van der Waals surface area contributed by atoms with Crippen molar-refractivity contribution in [2.45, 2.75) is 38.0 Å². The number of hydrogen-bond acceptors (Lipinski definition) is 4. The van der Waals surface area contributed by atoms with E-state index in [2.05, 4.69) is 5.32 Å². The Morgan fingerprint density at radius 2 is 1.88 bits per heavy atom. The second-order valence-corrected chi connectivity index (χ2v) is 6.69. The Labute approximate surface area is 146 Å². The molecule has 1 aromatic heterocycles. The molecule has 0 spiro atoms. The predicted molar refractivity (Wildman–Crippen MR) is 98.5 cm³/mol. The van der Waals surface area contributed by atoms with E-state index in [9.17, 15) is 14.7 Å². The van der Waals surface area contributed by atoms with Gasteiger partial charge in [0, 0.05) is 12.6 Å². The molecule has 0 bridgehead atoms. The zero-order valence-corrected chi connectivity index (χ0v) is 14.6. The van der Waals surface area contributed by atoms with Crippen LogP contribution in [0, 0.1) is 0 Å². The van der Waals surface area contributed by atoms with Crippen molar-refractivity contribution >= 4 is 28.6 Å².